The quantitative estimate of drug-likeness (QED) is 0.565. The van der Waals surface area contributed by atoms with E-state index in [9.17, 15) is 4.79 Å². The Morgan fingerprint density at radius 2 is 2.17 bits per heavy atom. The van der Waals surface area contributed by atoms with Crippen LogP contribution in [0, 0.1) is 0 Å². The van der Waals surface area contributed by atoms with Crippen LogP contribution in [0.25, 0.3) is 0 Å². The number of hydrogen-bond acceptors (Lipinski definition) is 6. The number of pyridine rings is 1. The van der Waals surface area contributed by atoms with Crippen molar-refractivity contribution in [1.82, 2.24) is 15.2 Å². The number of carbonyl (C=O) groups excluding carboxylic acids is 1. The van der Waals surface area contributed by atoms with E-state index in [0.717, 1.165) is 12.3 Å². The van der Waals surface area contributed by atoms with Crippen LogP contribution >= 0.6 is 11.8 Å². The van der Waals surface area contributed by atoms with Crippen molar-refractivity contribution in [2.45, 2.75) is 31.6 Å². The van der Waals surface area contributed by atoms with Crippen LogP contribution in [-0.2, 0) is 17.1 Å². The average molecular weight is 416 g/mol. The fourth-order valence-corrected chi connectivity index (χ4v) is 3.91. The molecule has 2 aromatic heterocycles. The second-order valence-electron chi connectivity index (χ2n) is 7.00. The lowest BCUT2D eigenvalue weighted by molar-refractivity contribution is -0.118. The van der Waals surface area contributed by atoms with Gasteiger partial charge in [0, 0.05) is 25.4 Å². The number of nitrogens with one attached hydrogen (secondary N) is 1. The van der Waals surface area contributed by atoms with Crippen LogP contribution in [0.1, 0.15) is 30.6 Å². The summed E-state index contributed by atoms with van der Waals surface area (Å²) < 4.78 is 10.9. The van der Waals surface area contributed by atoms with Crippen molar-refractivity contribution in [3.63, 3.8) is 0 Å². The monoisotopic (exact) mass is 415 g/mol. The number of piperidine rings is 1. The number of thioether (sulfide) groups is 1. The molecule has 1 fully saturated rings. The number of likely N-dealkylation sites (tertiary alicyclic amines) is 1. The molecule has 0 aliphatic carbocycles. The van der Waals surface area contributed by atoms with Gasteiger partial charge in [0.2, 0.25) is 11.8 Å². The summed E-state index contributed by atoms with van der Waals surface area (Å²) in [5, 5.41) is 2.86. The normalized spacial score (nSPS) is 14.9. The van der Waals surface area contributed by atoms with Crippen LogP contribution in [0.15, 0.2) is 53.3 Å². The van der Waals surface area contributed by atoms with Gasteiger partial charge in [0.15, 0.2) is 0 Å². The number of ether oxygens (including phenoxy) is 1. The standard InChI is InChI=1S/C22H29N3O3S/c26-21(18-29-17-20-7-6-14-27-20)23-9-2-5-13-28-22-15-19(8-10-24-22)16-25-11-3-1-4-12-25/h2,5-8,10,14-15H,1,3-4,9,11-13,16-18H2,(H,23,26)/b5-2-. The highest BCUT2D eigenvalue weighted by Gasteiger charge is 2.10. The summed E-state index contributed by atoms with van der Waals surface area (Å²) >= 11 is 1.53. The van der Waals surface area contributed by atoms with E-state index in [1.807, 2.05) is 30.4 Å². The molecule has 7 heteroatoms. The molecule has 0 atom stereocenters. The summed E-state index contributed by atoms with van der Waals surface area (Å²) in [5.74, 6) is 2.65. The molecule has 1 aliphatic heterocycles. The Bertz CT molecular complexity index is 758. The first-order valence-corrected chi connectivity index (χ1v) is 11.3. The molecule has 3 heterocycles. The van der Waals surface area contributed by atoms with E-state index in [1.165, 1.54) is 49.7 Å². The number of aromatic nitrogens is 1. The van der Waals surface area contributed by atoms with Gasteiger partial charge in [0.05, 0.1) is 17.8 Å². The molecular weight excluding hydrogens is 386 g/mol. The molecule has 0 saturated carbocycles. The van der Waals surface area contributed by atoms with Gasteiger partial charge in [-0.2, -0.15) is 0 Å². The maximum atomic E-state index is 11.8. The van der Waals surface area contributed by atoms with Crippen LogP contribution in [-0.4, -0.2) is 47.8 Å². The lowest BCUT2D eigenvalue weighted by atomic mass is 10.1. The third-order valence-corrected chi connectivity index (χ3v) is 5.58. The van der Waals surface area contributed by atoms with Gasteiger partial charge in [-0.05, 0) is 55.8 Å². The highest BCUT2D eigenvalue weighted by Crippen LogP contribution is 2.15. The molecule has 29 heavy (non-hydrogen) atoms. The van der Waals surface area contributed by atoms with Crippen molar-refractivity contribution in [2.75, 3.05) is 32.0 Å². The Hall–Kier alpha value is -2.25. The van der Waals surface area contributed by atoms with E-state index in [4.69, 9.17) is 9.15 Å². The van der Waals surface area contributed by atoms with Crippen molar-refractivity contribution in [2.24, 2.45) is 0 Å². The number of nitrogens with zero attached hydrogens (tertiary/aromatic N) is 2. The number of amides is 1. The Kier molecular flexibility index (Phi) is 9.13. The third kappa shape index (κ3) is 8.33. The van der Waals surface area contributed by atoms with Crippen LogP contribution in [0.3, 0.4) is 0 Å². The minimum absolute atomic E-state index is 0.0132. The molecule has 0 radical (unpaired) electrons. The van der Waals surface area contributed by atoms with Crippen LogP contribution < -0.4 is 10.1 Å². The van der Waals surface area contributed by atoms with Gasteiger partial charge in [-0.1, -0.05) is 12.5 Å². The van der Waals surface area contributed by atoms with Crippen LogP contribution in [0.2, 0.25) is 0 Å². The summed E-state index contributed by atoms with van der Waals surface area (Å²) in [7, 11) is 0. The first-order valence-electron chi connectivity index (χ1n) is 10.1. The number of hydrogen-bond donors (Lipinski definition) is 1. The van der Waals surface area contributed by atoms with Gasteiger partial charge >= 0.3 is 0 Å². The Balaban J connectivity index is 1.27. The van der Waals surface area contributed by atoms with E-state index >= 15 is 0 Å². The third-order valence-electron chi connectivity index (χ3n) is 4.62. The summed E-state index contributed by atoms with van der Waals surface area (Å²) in [5.41, 5.74) is 1.24. The molecule has 6 nitrogen and oxygen atoms in total. The van der Waals surface area contributed by atoms with E-state index in [-0.39, 0.29) is 5.91 Å². The predicted molar refractivity (Wildman–Crippen MR) is 116 cm³/mol. The molecule has 156 valence electrons. The van der Waals surface area contributed by atoms with Crippen molar-refractivity contribution in [3.05, 3.63) is 60.2 Å². The number of carbonyl (C=O) groups is 1. The number of furan rings is 1. The Morgan fingerprint density at radius 1 is 1.28 bits per heavy atom. The summed E-state index contributed by atoms with van der Waals surface area (Å²) in [4.78, 5) is 18.5. The van der Waals surface area contributed by atoms with Gasteiger partial charge in [0.1, 0.15) is 12.4 Å². The Labute approximate surface area is 176 Å². The highest BCUT2D eigenvalue weighted by atomic mass is 32.2. The minimum Gasteiger partial charge on any atom is -0.473 e. The molecule has 0 unspecified atom stereocenters. The largest absolute Gasteiger partial charge is 0.473 e. The molecular formula is C22H29N3O3S. The molecule has 1 aliphatic rings. The summed E-state index contributed by atoms with van der Waals surface area (Å²) in [6, 6.07) is 7.83. The first kappa shape index (κ1) is 21.5. The van der Waals surface area contributed by atoms with Crippen molar-refractivity contribution < 1.29 is 13.9 Å². The molecule has 1 N–H and O–H groups in total. The van der Waals surface area contributed by atoms with Crippen LogP contribution in [0.4, 0.5) is 0 Å². The van der Waals surface area contributed by atoms with E-state index in [0.29, 0.717) is 30.5 Å². The molecule has 0 spiro atoms. The van der Waals surface area contributed by atoms with Gasteiger partial charge in [0.25, 0.3) is 0 Å². The zero-order valence-corrected chi connectivity index (χ0v) is 17.5. The van der Waals surface area contributed by atoms with Crippen LogP contribution in [0.5, 0.6) is 5.88 Å². The predicted octanol–water partition coefficient (Wildman–Crippen LogP) is 3.65. The van der Waals surface area contributed by atoms with Gasteiger partial charge < -0.3 is 14.5 Å². The summed E-state index contributed by atoms with van der Waals surface area (Å²) in [6.45, 7) is 4.23. The zero-order valence-electron chi connectivity index (χ0n) is 16.7. The molecule has 3 rings (SSSR count). The fraction of sp³-hybridized carbons (Fsp3) is 0.455. The SMILES string of the molecule is O=C(CSCc1ccco1)NC/C=C\COc1cc(CN2CCCCC2)ccn1. The van der Waals surface area contributed by atoms with E-state index in [1.54, 1.807) is 12.5 Å². The molecule has 0 bridgehead atoms. The van der Waals surface area contributed by atoms with Gasteiger partial charge in [-0.25, -0.2) is 4.98 Å². The number of rotatable bonds is 11. The van der Waals surface area contributed by atoms with Crippen molar-refractivity contribution in [1.29, 1.82) is 0 Å². The smallest absolute Gasteiger partial charge is 0.230 e. The maximum Gasteiger partial charge on any atom is 0.230 e. The lowest BCUT2D eigenvalue weighted by Crippen LogP contribution is -2.29. The van der Waals surface area contributed by atoms with E-state index < -0.39 is 0 Å². The topological polar surface area (TPSA) is 67.6 Å². The molecule has 1 saturated heterocycles. The zero-order chi connectivity index (χ0) is 20.2. The maximum absolute atomic E-state index is 11.8. The second-order valence-corrected chi connectivity index (χ2v) is 7.98. The molecule has 1 amide bonds. The lowest BCUT2D eigenvalue weighted by Gasteiger charge is -2.26. The fourth-order valence-electron chi connectivity index (χ4n) is 3.15. The van der Waals surface area contributed by atoms with Gasteiger partial charge in [-0.3, -0.25) is 9.69 Å². The van der Waals surface area contributed by atoms with Crippen molar-refractivity contribution >= 4 is 17.7 Å². The second kappa shape index (κ2) is 12.3. The molecule has 2 aromatic rings. The average Bonchev–Trinajstić information content (AvgIpc) is 3.25. The van der Waals surface area contributed by atoms with Crippen molar-refractivity contribution in [3.8, 4) is 5.88 Å². The Morgan fingerprint density at radius 3 is 3.00 bits per heavy atom. The minimum atomic E-state index is 0.0132. The first-order chi connectivity index (χ1) is 14.3. The van der Waals surface area contributed by atoms with Gasteiger partial charge in [-0.15, -0.1) is 11.8 Å². The van der Waals surface area contributed by atoms with E-state index in [2.05, 4.69) is 21.3 Å². The summed E-state index contributed by atoms with van der Waals surface area (Å²) in [6.07, 6.45) is 11.2. The highest BCUT2D eigenvalue weighted by molar-refractivity contribution is 7.99. The molecule has 0 aromatic carbocycles.